The largest absolute Gasteiger partial charge is 0.493 e. The van der Waals surface area contributed by atoms with Crippen molar-refractivity contribution in [2.75, 3.05) is 7.11 Å². The van der Waals surface area contributed by atoms with Crippen LogP contribution in [-0.4, -0.2) is 7.11 Å². The molecular weight excluding hydrogens is 269 g/mol. The number of nitriles is 1. The molecule has 0 fully saturated rings. The Morgan fingerprint density at radius 3 is 2.74 bits per heavy atom. The lowest BCUT2D eigenvalue weighted by Gasteiger charge is -2.11. The standard InChI is InChI=1S/C14H9ClFNO2/c1-18-13-4-2-3-12(16)14(13)19-11-6-9(8-17)5-10(15)7-11/h2-7H,1H3. The Balaban J connectivity index is 2.42. The van der Waals surface area contributed by atoms with E-state index in [-0.39, 0.29) is 17.2 Å². The van der Waals surface area contributed by atoms with Gasteiger partial charge in [0.25, 0.3) is 0 Å². The number of ether oxygens (including phenoxy) is 2. The third-order valence-corrected chi connectivity index (χ3v) is 2.59. The van der Waals surface area contributed by atoms with Gasteiger partial charge >= 0.3 is 0 Å². The highest BCUT2D eigenvalue weighted by Crippen LogP contribution is 2.35. The predicted octanol–water partition coefficient (Wildman–Crippen LogP) is 4.15. The highest BCUT2D eigenvalue weighted by molar-refractivity contribution is 6.30. The first-order valence-electron chi connectivity index (χ1n) is 5.35. The van der Waals surface area contributed by atoms with Crippen molar-refractivity contribution in [3.8, 4) is 23.3 Å². The molecule has 0 aliphatic heterocycles. The Morgan fingerprint density at radius 1 is 1.26 bits per heavy atom. The molecule has 0 N–H and O–H groups in total. The summed E-state index contributed by atoms with van der Waals surface area (Å²) in [5.74, 6) is -0.0695. The third-order valence-electron chi connectivity index (χ3n) is 2.37. The van der Waals surface area contributed by atoms with Gasteiger partial charge in [0, 0.05) is 5.02 Å². The lowest BCUT2D eigenvalue weighted by atomic mass is 10.2. The van der Waals surface area contributed by atoms with E-state index in [9.17, 15) is 4.39 Å². The molecule has 96 valence electrons. The SMILES string of the molecule is COc1cccc(F)c1Oc1cc(Cl)cc(C#N)c1. The first-order chi connectivity index (χ1) is 9.13. The van der Waals surface area contributed by atoms with E-state index >= 15 is 0 Å². The maximum absolute atomic E-state index is 13.7. The van der Waals surface area contributed by atoms with Gasteiger partial charge in [-0.15, -0.1) is 0 Å². The molecular formula is C14H9ClFNO2. The molecule has 0 aliphatic carbocycles. The van der Waals surface area contributed by atoms with Crippen LogP contribution in [-0.2, 0) is 0 Å². The predicted molar refractivity (Wildman–Crippen MR) is 69.2 cm³/mol. The average molecular weight is 278 g/mol. The minimum atomic E-state index is -0.558. The Bertz CT molecular complexity index is 652. The number of halogens is 2. The zero-order chi connectivity index (χ0) is 13.8. The summed E-state index contributed by atoms with van der Waals surface area (Å²) in [6.45, 7) is 0. The number of nitrogens with zero attached hydrogens (tertiary/aromatic N) is 1. The quantitative estimate of drug-likeness (QED) is 0.846. The fraction of sp³-hybridized carbons (Fsp3) is 0.0714. The summed E-state index contributed by atoms with van der Waals surface area (Å²) in [4.78, 5) is 0. The van der Waals surface area contributed by atoms with Crippen molar-refractivity contribution in [3.63, 3.8) is 0 Å². The van der Waals surface area contributed by atoms with E-state index in [0.29, 0.717) is 10.6 Å². The van der Waals surface area contributed by atoms with Gasteiger partial charge in [-0.05, 0) is 30.3 Å². The second-order valence-corrected chi connectivity index (χ2v) is 4.10. The molecule has 0 heterocycles. The zero-order valence-electron chi connectivity index (χ0n) is 9.98. The summed E-state index contributed by atoms with van der Waals surface area (Å²) in [6, 6.07) is 10.8. The molecule has 0 aliphatic rings. The number of para-hydroxylation sites is 1. The first-order valence-corrected chi connectivity index (χ1v) is 5.73. The van der Waals surface area contributed by atoms with Gasteiger partial charge in [-0.25, -0.2) is 4.39 Å². The van der Waals surface area contributed by atoms with Gasteiger partial charge in [0.05, 0.1) is 18.7 Å². The van der Waals surface area contributed by atoms with E-state index < -0.39 is 5.82 Å². The van der Waals surface area contributed by atoms with Crippen LogP contribution in [0.1, 0.15) is 5.56 Å². The van der Waals surface area contributed by atoms with Crippen molar-refractivity contribution < 1.29 is 13.9 Å². The normalized spacial score (nSPS) is 9.79. The molecule has 0 unspecified atom stereocenters. The van der Waals surface area contributed by atoms with Crippen LogP contribution in [0.2, 0.25) is 5.02 Å². The van der Waals surface area contributed by atoms with Crippen molar-refractivity contribution in [2.45, 2.75) is 0 Å². The third kappa shape index (κ3) is 2.95. The molecule has 0 spiro atoms. The van der Waals surface area contributed by atoms with Crippen molar-refractivity contribution in [2.24, 2.45) is 0 Å². The average Bonchev–Trinajstić information content (AvgIpc) is 2.40. The number of methoxy groups -OCH3 is 1. The van der Waals surface area contributed by atoms with Crippen molar-refractivity contribution in [3.05, 3.63) is 52.8 Å². The van der Waals surface area contributed by atoms with Crippen LogP contribution in [0.5, 0.6) is 17.2 Å². The molecule has 3 nitrogen and oxygen atoms in total. The zero-order valence-corrected chi connectivity index (χ0v) is 10.7. The van der Waals surface area contributed by atoms with Crippen LogP contribution in [0, 0.1) is 17.1 Å². The first kappa shape index (κ1) is 13.2. The minimum absolute atomic E-state index is 0.0452. The van der Waals surface area contributed by atoms with E-state index in [1.807, 2.05) is 6.07 Å². The molecule has 2 rings (SSSR count). The van der Waals surface area contributed by atoms with Gasteiger partial charge in [0.2, 0.25) is 5.75 Å². The summed E-state index contributed by atoms with van der Waals surface area (Å²) < 4.78 is 24.1. The van der Waals surface area contributed by atoms with Crippen molar-refractivity contribution >= 4 is 11.6 Å². The van der Waals surface area contributed by atoms with Crippen LogP contribution in [0.25, 0.3) is 0 Å². The Kier molecular flexibility index (Phi) is 3.88. The van der Waals surface area contributed by atoms with Gasteiger partial charge in [0.15, 0.2) is 11.6 Å². The van der Waals surface area contributed by atoms with Gasteiger partial charge in [-0.3, -0.25) is 0 Å². The maximum Gasteiger partial charge on any atom is 0.204 e. The molecule has 0 aromatic heterocycles. The lowest BCUT2D eigenvalue weighted by Crippen LogP contribution is -1.93. The van der Waals surface area contributed by atoms with Crippen LogP contribution in [0.4, 0.5) is 4.39 Å². The smallest absolute Gasteiger partial charge is 0.204 e. The summed E-state index contributed by atoms with van der Waals surface area (Å²) >= 11 is 5.85. The summed E-state index contributed by atoms with van der Waals surface area (Å²) in [7, 11) is 1.42. The monoisotopic (exact) mass is 277 g/mol. The second kappa shape index (κ2) is 5.59. The van der Waals surface area contributed by atoms with Crippen molar-refractivity contribution in [1.29, 1.82) is 5.26 Å². The highest BCUT2D eigenvalue weighted by Gasteiger charge is 2.12. The molecule has 5 heteroatoms. The number of hydrogen-bond acceptors (Lipinski definition) is 3. The molecule has 0 saturated carbocycles. The summed E-state index contributed by atoms with van der Waals surface area (Å²) in [5, 5.41) is 9.18. The molecule has 2 aromatic rings. The molecule has 0 saturated heterocycles. The van der Waals surface area contributed by atoms with Crippen LogP contribution in [0.3, 0.4) is 0 Å². The van der Waals surface area contributed by atoms with E-state index in [0.717, 1.165) is 0 Å². The topological polar surface area (TPSA) is 42.2 Å². The van der Waals surface area contributed by atoms with E-state index in [2.05, 4.69) is 0 Å². The molecule has 0 radical (unpaired) electrons. The number of benzene rings is 2. The lowest BCUT2D eigenvalue weighted by molar-refractivity contribution is 0.364. The van der Waals surface area contributed by atoms with Gasteiger partial charge in [0.1, 0.15) is 5.75 Å². The summed E-state index contributed by atoms with van der Waals surface area (Å²) in [5.41, 5.74) is 0.331. The van der Waals surface area contributed by atoms with Gasteiger partial charge < -0.3 is 9.47 Å². The fourth-order valence-corrected chi connectivity index (χ4v) is 1.78. The molecule has 2 aromatic carbocycles. The second-order valence-electron chi connectivity index (χ2n) is 3.66. The maximum atomic E-state index is 13.7. The van der Waals surface area contributed by atoms with Gasteiger partial charge in [-0.1, -0.05) is 17.7 Å². The van der Waals surface area contributed by atoms with E-state index in [1.54, 1.807) is 6.07 Å². The Hall–Kier alpha value is -2.25. The number of rotatable bonds is 3. The minimum Gasteiger partial charge on any atom is -0.493 e. The van der Waals surface area contributed by atoms with E-state index in [1.165, 1.54) is 37.4 Å². The van der Waals surface area contributed by atoms with Gasteiger partial charge in [-0.2, -0.15) is 5.26 Å². The molecule has 0 atom stereocenters. The molecule has 19 heavy (non-hydrogen) atoms. The van der Waals surface area contributed by atoms with E-state index in [4.69, 9.17) is 26.3 Å². The Labute approximate surface area is 114 Å². The molecule has 0 amide bonds. The highest BCUT2D eigenvalue weighted by atomic mass is 35.5. The molecule has 0 bridgehead atoms. The van der Waals surface area contributed by atoms with Crippen LogP contribution in [0.15, 0.2) is 36.4 Å². The number of hydrogen-bond donors (Lipinski definition) is 0. The van der Waals surface area contributed by atoms with Crippen molar-refractivity contribution in [1.82, 2.24) is 0 Å². The fourth-order valence-electron chi connectivity index (χ4n) is 1.55. The Morgan fingerprint density at radius 2 is 2.05 bits per heavy atom. The van der Waals surface area contributed by atoms with Crippen LogP contribution < -0.4 is 9.47 Å². The van der Waals surface area contributed by atoms with Crippen LogP contribution >= 0.6 is 11.6 Å². The summed E-state index contributed by atoms with van der Waals surface area (Å²) in [6.07, 6.45) is 0.